The minimum absolute atomic E-state index is 0.0467. The Balaban J connectivity index is 0.00000126. The van der Waals surface area contributed by atoms with Crippen molar-refractivity contribution in [1.82, 2.24) is 9.88 Å². The maximum Gasteiger partial charge on any atom is 0.258 e. The third-order valence-electron chi connectivity index (χ3n) is 4.27. The molecule has 0 unspecified atom stereocenters. The number of halogens is 1. The highest BCUT2D eigenvalue weighted by atomic mass is 19.1. The van der Waals surface area contributed by atoms with Gasteiger partial charge >= 0.3 is 0 Å². The largest absolute Gasteiger partial charge is 0.333 e. The highest BCUT2D eigenvalue weighted by Crippen LogP contribution is 2.27. The number of rotatable bonds is 3. The van der Waals surface area contributed by atoms with Crippen LogP contribution in [0.15, 0.2) is 48.3 Å². The Hall–Kier alpha value is -3.24. The highest BCUT2D eigenvalue weighted by molar-refractivity contribution is 6.04. The van der Waals surface area contributed by atoms with E-state index in [2.05, 4.69) is 29.2 Å². The topological polar surface area (TPSA) is 95.0 Å². The lowest BCUT2D eigenvalue weighted by atomic mass is 9.95. The number of anilines is 1. The summed E-state index contributed by atoms with van der Waals surface area (Å²) < 4.78 is 13.6. The molecule has 3 rings (SSSR count). The van der Waals surface area contributed by atoms with Crippen molar-refractivity contribution in [2.75, 3.05) is 25.5 Å². The summed E-state index contributed by atoms with van der Waals surface area (Å²) in [7, 11) is 1.50. The number of carbonyl (C=O) groups excluding carboxylic acids is 1. The fourth-order valence-electron chi connectivity index (χ4n) is 2.79. The van der Waals surface area contributed by atoms with E-state index >= 15 is 0 Å². The number of amides is 1. The predicted molar refractivity (Wildman–Crippen MR) is 103 cm³/mol. The first-order valence-corrected chi connectivity index (χ1v) is 8.51. The number of benzene rings is 1. The molecule has 1 aromatic carbocycles. The van der Waals surface area contributed by atoms with E-state index in [1.807, 2.05) is 12.1 Å². The van der Waals surface area contributed by atoms with Crippen molar-refractivity contribution in [2.24, 2.45) is 5.73 Å². The second-order valence-electron chi connectivity index (χ2n) is 5.92. The Morgan fingerprint density at radius 1 is 1.30 bits per heavy atom. The minimum atomic E-state index is -0.656. The van der Waals surface area contributed by atoms with E-state index < -0.39 is 11.7 Å². The van der Waals surface area contributed by atoms with Gasteiger partial charge in [-0.15, -0.1) is 0 Å². The Bertz CT molecular complexity index is 871. The molecule has 2 aromatic rings. The van der Waals surface area contributed by atoms with Crippen LogP contribution in [0, 0.1) is 17.3 Å². The van der Waals surface area contributed by atoms with Crippen molar-refractivity contribution >= 4 is 17.2 Å². The maximum absolute atomic E-state index is 13.6. The van der Waals surface area contributed by atoms with Crippen molar-refractivity contribution in [3.63, 3.8) is 0 Å². The first-order chi connectivity index (χ1) is 13.1. The van der Waals surface area contributed by atoms with Gasteiger partial charge in [0.05, 0.1) is 18.3 Å². The molecule has 0 radical (unpaired) electrons. The van der Waals surface area contributed by atoms with Crippen molar-refractivity contribution in [1.29, 1.82) is 5.26 Å². The number of carbonyl (C=O) groups is 1. The van der Waals surface area contributed by atoms with Crippen LogP contribution in [-0.4, -0.2) is 35.9 Å². The molecule has 0 atom stereocenters. The number of aromatic nitrogens is 1. The number of hydrogen-bond donors (Lipinski definition) is 2. The molecule has 1 aliphatic heterocycles. The van der Waals surface area contributed by atoms with Crippen LogP contribution < -0.4 is 11.1 Å². The third-order valence-corrected chi connectivity index (χ3v) is 4.27. The van der Waals surface area contributed by atoms with E-state index in [-0.39, 0.29) is 5.56 Å². The van der Waals surface area contributed by atoms with Gasteiger partial charge in [0.15, 0.2) is 12.0 Å². The molecule has 0 saturated heterocycles. The van der Waals surface area contributed by atoms with Crippen molar-refractivity contribution in [3.8, 4) is 6.19 Å². The average molecular weight is 367 g/mol. The van der Waals surface area contributed by atoms with E-state index in [1.54, 1.807) is 17.0 Å². The molecule has 1 aliphatic rings. The Morgan fingerprint density at radius 3 is 2.63 bits per heavy atom. The van der Waals surface area contributed by atoms with Gasteiger partial charge < -0.3 is 16.0 Å². The molecule has 0 aliphatic carbocycles. The van der Waals surface area contributed by atoms with Crippen LogP contribution in [-0.2, 0) is 0 Å². The first kappa shape index (κ1) is 20.1. The molecule has 0 saturated carbocycles. The summed E-state index contributed by atoms with van der Waals surface area (Å²) in [4.78, 5) is 17.5. The van der Waals surface area contributed by atoms with Crippen LogP contribution in [0.1, 0.15) is 29.3 Å². The summed E-state index contributed by atoms with van der Waals surface area (Å²) in [6.07, 6.45) is 5.44. The fraction of sp³-hybridized carbons (Fsp3) is 0.250. The van der Waals surface area contributed by atoms with Gasteiger partial charge in [-0.2, -0.15) is 5.26 Å². The van der Waals surface area contributed by atoms with Crippen molar-refractivity contribution in [2.45, 2.75) is 13.3 Å². The standard InChI is InChI=1S/C19H17FN4O.CH5N/c1-13-7-9-24(12-21)11-17(13)14-2-4-15(5-3-14)23-19(25)16-6-8-22-10-18(16)20;1-2/h2-6,8,10H,7,9,11H2,1H3,(H,23,25);2H2,1H3. The summed E-state index contributed by atoms with van der Waals surface area (Å²) in [6, 6.07) is 8.69. The van der Waals surface area contributed by atoms with Gasteiger partial charge in [-0.25, -0.2) is 4.39 Å². The van der Waals surface area contributed by atoms with E-state index in [0.29, 0.717) is 12.2 Å². The fourth-order valence-corrected chi connectivity index (χ4v) is 2.79. The predicted octanol–water partition coefficient (Wildman–Crippen LogP) is 3.01. The second kappa shape index (κ2) is 9.46. The molecule has 0 spiro atoms. The maximum atomic E-state index is 13.6. The van der Waals surface area contributed by atoms with Gasteiger partial charge in [-0.3, -0.25) is 9.78 Å². The van der Waals surface area contributed by atoms with Crippen LogP contribution in [0.3, 0.4) is 0 Å². The lowest BCUT2D eigenvalue weighted by Gasteiger charge is -2.25. The summed E-state index contributed by atoms with van der Waals surface area (Å²) in [5.41, 5.74) is 8.45. The number of nitrogens with two attached hydrogens (primary N) is 1. The summed E-state index contributed by atoms with van der Waals surface area (Å²) in [5, 5.41) is 11.8. The van der Waals surface area contributed by atoms with Gasteiger partial charge in [-0.05, 0) is 49.7 Å². The summed E-state index contributed by atoms with van der Waals surface area (Å²) in [6.45, 7) is 3.42. The molecule has 140 valence electrons. The zero-order valence-corrected chi connectivity index (χ0v) is 15.4. The number of nitrogens with one attached hydrogen (secondary N) is 1. The van der Waals surface area contributed by atoms with E-state index in [0.717, 1.165) is 30.3 Å². The lowest BCUT2D eigenvalue weighted by molar-refractivity contribution is 0.102. The third kappa shape index (κ3) is 4.90. The van der Waals surface area contributed by atoms with E-state index in [4.69, 9.17) is 5.26 Å². The number of hydrogen-bond acceptors (Lipinski definition) is 5. The molecule has 1 amide bonds. The van der Waals surface area contributed by atoms with Crippen LogP contribution in [0.25, 0.3) is 5.57 Å². The summed E-state index contributed by atoms with van der Waals surface area (Å²) >= 11 is 0. The van der Waals surface area contributed by atoms with Crippen LogP contribution in [0.5, 0.6) is 0 Å². The molecule has 6 nitrogen and oxygen atoms in total. The Labute approximate surface area is 158 Å². The molecular weight excluding hydrogens is 345 g/mol. The lowest BCUT2D eigenvalue weighted by Crippen LogP contribution is -2.26. The average Bonchev–Trinajstić information content (AvgIpc) is 2.71. The quantitative estimate of drug-likeness (QED) is 0.813. The molecule has 3 N–H and O–H groups in total. The molecule has 27 heavy (non-hydrogen) atoms. The SMILES string of the molecule is CC1=C(c2ccc(NC(=O)c3ccncc3F)cc2)CN(C#N)CC1.CN. The monoisotopic (exact) mass is 367 g/mol. The number of pyridine rings is 1. The molecule has 7 heteroatoms. The van der Waals surface area contributed by atoms with E-state index in [1.165, 1.54) is 24.9 Å². The Kier molecular flexibility index (Phi) is 7.03. The second-order valence-corrected chi connectivity index (χ2v) is 5.92. The Morgan fingerprint density at radius 2 is 2.00 bits per heavy atom. The zero-order valence-electron chi connectivity index (χ0n) is 15.4. The van der Waals surface area contributed by atoms with Crippen molar-refractivity contribution in [3.05, 3.63) is 65.2 Å². The van der Waals surface area contributed by atoms with Crippen LogP contribution in [0.4, 0.5) is 10.1 Å². The van der Waals surface area contributed by atoms with E-state index in [9.17, 15) is 9.18 Å². The number of nitrogens with zero attached hydrogens (tertiary/aromatic N) is 3. The summed E-state index contributed by atoms with van der Waals surface area (Å²) in [5.74, 6) is -1.17. The minimum Gasteiger partial charge on any atom is -0.333 e. The first-order valence-electron chi connectivity index (χ1n) is 8.51. The van der Waals surface area contributed by atoms with Gasteiger partial charge in [0.25, 0.3) is 5.91 Å². The molecule has 0 bridgehead atoms. The molecule has 2 heterocycles. The van der Waals surface area contributed by atoms with Crippen LogP contribution >= 0.6 is 0 Å². The zero-order chi connectivity index (χ0) is 19.8. The van der Waals surface area contributed by atoms with Crippen molar-refractivity contribution < 1.29 is 9.18 Å². The highest BCUT2D eigenvalue weighted by Gasteiger charge is 2.17. The smallest absolute Gasteiger partial charge is 0.258 e. The molecular formula is C20H22FN5O. The van der Waals surface area contributed by atoms with Gasteiger partial charge in [-0.1, -0.05) is 17.7 Å². The number of nitriles is 1. The van der Waals surface area contributed by atoms with Gasteiger partial charge in [0.2, 0.25) is 0 Å². The van der Waals surface area contributed by atoms with Gasteiger partial charge in [0.1, 0.15) is 0 Å². The normalized spacial score (nSPS) is 13.4. The molecule has 1 aromatic heterocycles. The van der Waals surface area contributed by atoms with Crippen LogP contribution in [0.2, 0.25) is 0 Å². The molecule has 0 fully saturated rings. The van der Waals surface area contributed by atoms with Gasteiger partial charge in [0, 0.05) is 18.4 Å².